The van der Waals surface area contributed by atoms with Crippen LogP contribution >= 0.6 is 0 Å². The van der Waals surface area contributed by atoms with Gasteiger partial charge in [0.15, 0.2) is 0 Å². The Morgan fingerprint density at radius 3 is 2.44 bits per heavy atom. The average Bonchev–Trinajstić information content (AvgIpc) is 2.88. The van der Waals surface area contributed by atoms with Gasteiger partial charge in [0.1, 0.15) is 0 Å². The molecule has 2 fully saturated rings. The Kier molecular flexibility index (Phi) is 5.46. The summed E-state index contributed by atoms with van der Waals surface area (Å²) < 4.78 is 0. The van der Waals surface area contributed by atoms with Crippen molar-refractivity contribution in [1.82, 2.24) is 15.1 Å². The number of piperazine rings is 1. The van der Waals surface area contributed by atoms with Crippen LogP contribution in [0.3, 0.4) is 0 Å². The lowest BCUT2D eigenvalue weighted by atomic mass is 10.1. The predicted molar refractivity (Wildman–Crippen MR) is 78.0 cm³/mol. The van der Waals surface area contributed by atoms with E-state index in [2.05, 4.69) is 36.0 Å². The second-order valence-corrected chi connectivity index (χ2v) is 6.16. The second kappa shape index (κ2) is 6.88. The Balaban J connectivity index is 1.73. The minimum absolute atomic E-state index is 0.770. The van der Waals surface area contributed by atoms with E-state index in [1.165, 1.54) is 58.3 Å². The van der Waals surface area contributed by atoms with Crippen LogP contribution in [0.2, 0.25) is 0 Å². The SMILES string of the molecule is CCCC(C)N1CCN([C@H]2CC[C@@H](NC)C2)CC1. The summed E-state index contributed by atoms with van der Waals surface area (Å²) in [7, 11) is 2.11. The van der Waals surface area contributed by atoms with Crippen LogP contribution in [0.1, 0.15) is 46.0 Å². The van der Waals surface area contributed by atoms with Gasteiger partial charge in [0, 0.05) is 44.3 Å². The first-order chi connectivity index (χ1) is 8.74. The van der Waals surface area contributed by atoms with E-state index in [1.54, 1.807) is 0 Å². The first-order valence-corrected chi connectivity index (χ1v) is 7.90. The van der Waals surface area contributed by atoms with Crippen molar-refractivity contribution >= 4 is 0 Å². The Morgan fingerprint density at radius 2 is 1.89 bits per heavy atom. The van der Waals surface area contributed by atoms with Crippen molar-refractivity contribution in [3.8, 4) is 0 Å². The van der Waals surface area contributed by atoms with Crippen molar-refractivity contribution in [3.63, 3.8) is 0 Å². The van der Waals surface area contributed by atoms with E-state index >= 15 is 0 Å². The molecule has 18 heavy (non-hydrogen) atoms. The van der Waals surface area contributed by atoms with Gasteiger partial charge in [-0.1, -0.05) is 13.3 Å². The van der Waals surface area contributed by atoms with Gasteiger partial charge < -0.3 is 5.32 Å². The van der Waals surface area contributed by atoms with E-state index in [0.717, 1.165) is 18.1 Å². The highest BCUT2D eigenvalue weighted by atomic mass is 15.3. The molecule has 0 radical (unpaired) electrons. The topological polar surface area (TPSA) is 18.5 Å². The Hall–Kier alpha value is -0.120. The Bertz CT molecular complexity index is 236. The van der Waals surface area contributed by atoms with Crippen LogP contribution in [-0.4, -0.2) is 61.2 Å². The molecular weight excluding hydrogens is 222 g/mol. The quantitative estimate of drug-likeness (QED) is 0.808. The maximum atomic E-state index is 3.44. The van der Waals surface area contributed by atoms with Crippen LogP contribution in [0.15, 0.2) is 0 Å². The van der Waals surface area contributed by atoms with E-state index in [1.807, 2.05) is 0 Å². The third-order valence-corrected chi connectivity index (χ3v) is 5.01. The third kappa shape index (κ3) is 3.46. The molecule has 2 aliphatic rings. The van der Waals surface area contributed by atoms with E-state index in [0.29, 0.717) is 0 Å². The maximum Gasteiger partial charge on any atom is 0.0113 e. The van der Waals surface area contributed by atoms with E-state index < -0.39 is 0 Å². The summed E-state index contributed by atoms with van der Waals surface area (Å²) in [6.45, 7) is 9.82. The molecule has 1 aliphatic heterocycles. The molecule has 3 heteroatoms. The van der Waals surface area contributed by atoms with Gasteiger partial charge in [0.25, 0.3) is 0 Å². The van der Waals surface area contributed by atoms with Gasteiger partial charge in [-0.3, -0.25) is 9.80 Å². The first-order valence-electron chi connectivity index (χ1n) is 7.90. The molecule has 1 aliphatic carbocycles. The third-order valence-electron chi connectivity index (χ3n) is 5.01. The van der Waals surface area contributed by atoms with Crippen LogP contribution < -0.4 is 5.32 Å². The summed E-state index contributed by atoms with van der Waals surface area (Å²) in [5.74, 6) is 0. The van der Waals surface area contributed by atoms with E-state index in [-0.39, 0.29) is 0 Å². The Morgan fingerprint density at radius 1 is 1.17 bits per heavy atom. The van der Waals surface area contributed by atoms with Crippen LogP contribution in [0.5, 0.6) is 0 Å². The number of hydrogen-bond acceptors (Lipinski definition) is 3. The molecule has 2 rings (SSSR count). The molecule has 0 bridgehead atoms. The van der Waals surface area contributed by atoms with Crippen molar-refractivity contribution in [2.45, 2.75) is 64.1 Å². The van der Waals surface area contributed by atoms with Crippen molar-refractivity contribution < 1.29 is 0 Å². The van der Waals surface area contributed by atoms with Gasteiger partial charge in [-0.15, -0.1) is 0 Å². The van der Waals surface area contributed by atoms with Crippen LogP contribution in [0, 0.1) is 0 Å². The fourth-order valence-electron chi connectivity index (χ4n) is 3.70. The van der Waals surface area contributed by atoms with Gasteiger partial charge >= 0.3 is 0 Å². The van der Waals surface area contributed by atoms with Crippen molar-refractivity contribution in [1.29, 1.82) is 0 Å². The molecule has 0 amide bonds. The van der Waals surface area contributed by atoms with E-state index in [9.17, 15) is 0 Å². The molecule has 0 spiro atoms. The van der Waals surface area contributed by atoms with E-state index in [4.69, 9.17) is 0 Å². The molecule has 1 saturated heterocycles. The summed E-state index contributed by atoms with van der Waals surface area (Å²) >= 11 is 0. The fourth-order valence-corrected chi connectivity index (χ4v) is 3.70. The van der Waals surface area contributed by atoms with Crippen molar-refractivity contribution in [2.24, 2.45) is 0 Å². The zero-order valence-electron chi connectivity index (χ0n) is 12.5. The molecular formula is C15H31N3. The zero-order chi connectivity index (χ0) is 13.0. The molecule has 3 atom stereocenters. The maximum absolute atomic E-state index is 3.44. The van der Waals surface area contributed by atoms with Gasteiger partial charge in [-0.25, -0.2) is 0 Å². The highest BCUT2D eigenvalue weighted by Crippen LogP contribution is 2.25. The number of nitrogens with zero attached hydrogens (tertiary/aromatic N) is 2. The summed E-state index contributed by atoms with van der Waals surface area (Å²) in [5.41, 5.74) is 0. The predicted octanol–water partition coefficient (Wildman–Crippen LogP) is 1.93. The van der Waals surface area contributed by atoms with Crippen LogP contribution in [-0.2, 0) is 0 Å². The van der Waals surface area contributed by atoms with Gasteiger partial charge in [0.05, 0.1) is 0 Å². The van der Waals surface area contributed by atoms with Crippen LogP contribution in [0.25, 0.3) is 0 Å². The van der Waals surface area contributed by atoms with Crippen molar-refractivity contribution in [3.05, 3.63) is 0 Å². The molecule has 0 aromatic rings. The molecule has 3 nitrogen and oxygen atoms in total. The molecule has 0 aromatic carbocycles. The van der Waals surface area contributed by atoms with Crippen LogP contribution in [0.4, 0.5) is 0 Å². The van der Waals surface area contributed by atoms with Crippen molar-refractivity contribution in [2.75, 3.05) is 33.2 Å². The normalized spacial score (nSPS) is 32.8. The second-order valence-electron chi connectivity index (χ2n) is 6.16. The molecule has 106 valence electrons. The first kappa shape index (κ1) is 14.3. The minimum atomic E-state index is 0.770. The average molecular weight is 253 g/mol. The molecule has 1 N–H and O–H groups in total. The summed E-state index contributed by atoms with van der Waals surface area (Å²) in [5, 5.41) is 3.44. The number of rotatable bonds is 5. The molecule has 1 unspecified atom stereocenters. The lowest BCUT2D eigenvalue weighted by Crippen LogP contribution is -2.52. The minimum Gasteiger partial charge on any atom is -0.317 e. The van der Waals surface area contributed by atoms with Gasteiger partial charge in [0.2, 0.25) is 0 Å². The fraction of sp³-hybridized carbons (Fsp3) is 1.00. The monoisotopic (exact) mass is 253 g/mol. The standard InChI is InChI=1S/C15H31N3/c1-4-5-13(2)17-8-10-18(11-9-17)15-7-6-14(12-15)16-3/h13-16H,4-12H2,1-3H3/t13?,14-,15+/m1/s1. The lowest BCUT2D eigenvalue weighted by Gasteiger charge is -2.40. The smallest absolute Gasteiger partial charge is 0.0113 e. The largest absolute Gasteiger partial charge is 0.317 e. The lowest BCUT2D eigenvalue weighted by molar-refractivity contribution is 0.0719. The summed E-state index contributed by atoms with van der Waals surface area (Å²) in [6.07, 6.45) is 6.80. The molecule has 1 heterocycles. The Labute approximate surface area is 113 Å². The zero-order valence-corrected chi connectivity index (χ0v) is 12.5. The number of hydrogen-bond donors (Lipinski definition) is 1. The highest BCUT2D eigenvalue weighted by molar-refractivity contribution is 4.88. The van der Waals surface area contributed by atoms with Gasteiger partial charge in [-0.05, 0) is 39.7 Å². The van der Waals surface area contributed by atoms with Gasteiger partial charge in [-0.2, -0.15) is 0 Å². The highest BCUT2D eigenvalue weighted by Gasteiger charge is 2.31. The summed E-state index contributed by atoms with van der Waals surface area (Å²) in [4.78, 5) is 5.43. The summed E-state index contributed by atoms with van der Waals surface area (Å²) in [6, 6.07) is 2.41. The molecule has 1 saturated carbocycles. The number of nitrogens with one attached hydrogen (secondary N) is 1. The molecule has 0 aromatic heterocycles.